The van der Waals surface area contributed by atoms with Crippen molar-refractivity contribution in [3.05, 3.63) is 81.2 Å². The summed E-state index contributed by atoms with van der Waals surface area (Å²) in [6.45, 7) is 0.652. The molecule has 0 fully saturated rings. The maximum Gasteiger partial charge on any atom is 0.270 e. The molecular weight excluding hydrogens is 409 g/mol. The number of amides is 1. The highest BCUT2D eigenvalue weighted by atomic mass is 19.2. The molecule has 9 heteroatoms. The minimum atomic E-state index is -1.12. The van der Waals surface area contributed by atoms with E-state index in [0.29, 0.717) is 35.2 Å². The zero-order chi connectivity index (χ0) is 21.9. The largest absolute Gasteiger partial charge is 0.350 e. The van der Waals surface area contributed by atoms with Crippen LogP contribution in [0.5, 0.6) is 0 Å². The lowest BCUT2D eigenvalue weighted by Gasteiger charge is -2.34. The number of H-pyrrole nitrogens is 2. The molecule has 1 aliphatic rings. The van der Waals surface area contributed by atoms with E-state index in [4.69, 9.17) is 0 Å². The second-order valence-electron chi connectivity index (χ2n) is 7.61. The van der Waals surface area contributed by atoms with Gasteiger partial charge in [0.2, 0.25) is 0 Å². The van der Waals surface area contributed by atoms with Crippen molar-refractivity contribution in [2.24, 2.45) is 0 Å². The van der Waals surface area contributed by atoms with E-state index >= 15 is 0 Å². The normalized spacial score (nSPS) is 15.9. The first-order chi connectivity index (χ1) is 14.8. The summed E-state index contributed by atoms with van der Waals surface area (Å²) in [6.07, 6.45) is 0. The molecule has 0 spiro atoms. The van der Waals surface area contributed by atoms with E-state index in [9.17, 15) is 22.8 Å². The van der Waals surface area contributed by atoms with Crippen LogP contribution in [0.3, 0.4) is 0 Å². The van der Waals surface area contributed by atoms with Crippen LogP contribution < -0.4 is 10.9 Å². The molecule has 0 radical (unpaired) electrons. The fraction of sp³-hybridized carbons (Fsp3) is 0.182. The molecule has 0 saturated carbocycles. The average molecular weight is 426 g/mol. The van der Waals surface area contributed by atoms with Crippen molar-refractivity contribution < 1.29 is 18.0 Å². The summed E-state index contributed by atoms with van der Waals surface area (Å²) >= 11 is 0. The molecule has 1 atom stereocenters. The second-order valence-corrected chi connectivity index (χ2v) is 7.61. The van der Waals surface area contributed by atoms with Crippen LogP contribution >= 0.6 is 0 Å². The van der Waals surface area contributed by atoms with Gasteiger partial charge in [-0.3, -0.25) is 9.59 Å². The molecular formula is C22H17F3N4O2. The van der Waals surface area contributed by atoms with Crippen molar-refractivity contribution in [1.29, 1.82) is 0 Å². The Labute approximate surface area is 173 Å². The highest BCUT2D eigenvalue weighted by molar-refractivity contribution is 5.98. The molecule has 0 aliphatic carbocycles. The number of halogens is 3. The molecule has 0 bridgehead atoms. The van der Waals surface area contributed by atoms with Crippen molar-refractivity contribution in [2.75, 3.05) is 13.6 Å². The Kier molecular flexibility index (Phi) is 4.37. The third-order valence-corrected chi connectivity index (χ3v) is 5.79. The Morgan fingerprint density at radius 3 is 2.48 bits per heavy atom. The molecule has 2 aromatic heterocycles. The molecule has 158 valence electrons. The van der Waals surface area contributed by atoms with Gasteiger partial charge in [0.25, 0.3) is 11.5 Å². The van der Waals surface area contributed by atoms with E-state index in [1.165, 1.54) is 17.0 Å². The number of carbonyl (C=O) groups is 1. The number of aromatic nitrogens is 2. The molecule has 6 nitrogen and oxygen atoms in total. The lowest BCUT2D eigenvalue weighted by atomic mass is 9.93. The van der Waals surface area contributed by atoms with Crippen LogP contribution in [0, 0.1) is 17.5 Å². The van der Waals surface area contributed by atoms with E-state index in [2.05, 4.69) is 15.3 Å². The number of rotatable bonds is 2. The minimum absolute atomic E-state index is 0.0121. The fourth-order valence-corrected chi connectivity index (χ4v) is 4.24. The summed E-state index contributed by atoms with van der Waals surface area (Å²) in [6, 6.07) is 7.26. The number of hydrogen-bond donors (Lipinski definition) is 3. The summed E-state index contributed by atoms with van der Waals surface area (Å²) in [5.74, 6) is -3.04. The maximum absolute atomic E-state index is 14.0. The number of benzene rings is 2. The van der Waals surface area contributed by atoms with Gasteiger partial charge >= 0.3 is 0 Å². The summed E-state index contributed by atoms with van der Waals surface area (Å²) in [5, 5.41) is 3.70. The Bertz CT molecular complexity index is 1430. The number of pyridine rings is 1. The SMILES string of the molecule is CN(C(=O)c1cc2c(F)cccc2[nH]1)C1CNCc2[nH]c(=O)c3cc(F)c(F)cc3c21. The van der Waals surface area contributed by atoms with Gasteiger partial charge in [0.1, 0.15) is 11.5 Å². The fourth-order valence-electron chi connectivity index (χ4n) is 4.24. The minimum Gasteiger partial charge on any atom is -0.350 e. The highest BCUT2D eigenvalue weighted by Crippen LogP contribution is 2.33. The predicted molar refractivity (Wildman–Crippen MR) is 109 cm³/mol. The van der Waals surface area contributed by atoms with E-state index in [1.54, 1.807) is 19.2 Å². The topological polar surface area (TPSA) is 81.0 Å². The maximum atomic E-state index is 14.0. The lowest BCUT2D eigenvalue weighted by molar-refractivity contribution is 0.0718. The van der Waals surface area contributed by atoms with Gasteiger partial charge in [-0.1, -0.05) is 6.07 Å². The highest BCUT2D eigenvalue weighted by Gasteiger charge is 2.31. The first-order valence-electron chi connectivity index (χ1n) is 9.64. The Hall–Kier alpha value is -3.59. The second kappa shape index (κ2) is 6.98. The molecule has 1 amide bonds. The Morgan fingerprint density at radius 1 is 1.00 bits per heavy atom. The van der Waals surface area contributed by atoms with E-state index in [1.807, 2.05) is 0 Å². The third-order valence-electron chi connectivity index (χ3n) is 5.79. The lowest BCUT2D eigenvalue weighted by Crippen LogP contribution is -2.42. The van der Waals surface area contributed by atoms with Crippen LogP contribution in [-0.4, -0.2) is 34.4 Å². The van der Waals surface area contributed by atoms with Gasteiger partial charge in [0.15, 0.2) is 11.6 Å². The van der Waals surface area contributed by atoms with Crippen LogP contribution in [0.25, 0.3) is 21.7 Å². The number of nitrogens with one attached hydrogen (secondary N) is 3. The van der Waals surface area contributed by atoms with Crippen LogP contribution in [0.4, 0.5) is 13.2 Å². The molecule has 1 aliphatic heterocycles. The molecule has 31 heavy (non-hydrogen) atoms. The number of hydrogen-bond acceptors (Lipinski definition) is 3. The quantitative estimate of drug-likeness (QED) is 0.460. The molecule has 5 rings (SSSR count). The number of likely N-dealkylation sites (N-methyl/N-ethyl adjacent to an activating group) is 1. The number of carbonyl (C=O) groups excluding carboxylic acids is 1. The standard InChI is InChI=1S/C22H17F3N4O2/c1-29(22(31)17-7-12-13(23)3-2-4-16(12)27-17)19-9-26-8-18-20(19)10-5-14(24)15(25)6-11(10)21(30)28-18/h2-7,19,26-27H,8-9H2,1H3,(H,28,30). The summed E-state index contributed by atoms with van der Waals surface area (Å²) < 4.78 is 41.8. The van der Waals surface area contributed by atoms with Gasteiger partial charge in [0, 0.05) is 42.3 Å². The average Bonchev–Trinajstić information content (AvgIpc) is 3.19. The first-order valence-corrected chi connectivity index (χ1v) is 9.64. The van der Waals surface area contributed by atoms with Gasteiger partial charge in [0.05, 0.1) is 11.4 Å². The number of nitrogens with zero attached hydrogens (tertiary/aromatic N) is 1. The molecule has 2 aromatic carbocycles. The van der Waals surface area contributed by atoms with Crippen LogP contribution in [0.15, 0.2) is 41.2 Å². The third kappa shape index (κ3) is 3.00. The van der Waals surface area contributed by atoms with E-state index < -0.39 is 35.0 Å². The Balaban J connectivity index is 1.62. The van der Waals surface area contributed by atoms with Crippen LogP contribution in [0.1, 0.15) is 27.8 Å². The number of fused-ring (bicyclic) bond motifs is 4. The summed E-state index contributed by atoms with van der Waals surface area (Å²) in [5.41, 5.74) is 1.20. The molecule has 1 unspecified atom stereocenters. The van der Waals surface area contributed by atoms with Gasteiger partial charge < -0.3 is 20.2 Å². The monoisotopic (exact) mass is 426 g/mol. The van der Waals surface area contributed by atoms with Gasteiger partial charge in [-0.25, -0.2) is 13.2 Å². The van der Waals surface area contributed by atoms with Gasteiger partial charge in [-0.15, -0.1) is 0 Å². The summed E-state index contributed by atoms with van der Waals surface area (Å²) in [7, 11) is 1.57. The van der Waals surface area contributed by atoms with Crippen molar-refractivity contribution in [1.82, 2.24) is 20.2 Å². The first kappa shape index (κ1) is 19.4. The van der Waals surface area contributed by atoms with Crippen LogP contribution in [0.2, 0.25) is 0 Å². The van der Waals surface area contributed by atoms with Gasteiger partial charge in [-0.2, -0.15) is 0 Å². The van der Waals surface area contributed by atoms with Crippen molar-refractivity contribution >= 4 is 27.6 Å². The van der Waals surface area contributed by atoms with Gasteiger partial charge in [-0.05, 0) is 35.7 Å². The molecule has 3 heterocycles. The zero-order valence-electron chi connectivity index (χ0n) is 16.4. The molecule has 3 N–H and O–H groups in total. The zero-order valence-corrected chi connectivity index (χ0v) is 16.4. The van der Waals surface area contributed by atoms with Crippen LogP contribution in [-0.2, 0) is 6.54 Å². The van der Waals surface area contributed by atoms with Crippen molar-refractivity contribution in [3.63, 3.8) is 0 Å². The smallest absolute Gasteiger partial charge is 0.270 e. The van der Waals surface area contributed by atoms with Crippen molar-refractivity contribution in [2.45, 2.75) is 12.6 Å². The number of aromatic amines is 2. The molecule has 0 saturated heterocycles. The van der Waals surface area contributed by atoms with E-state index in [0.717, 1.165) is 12.1 Å². The van der Waals surface area contributed by atoms with E-state index in [-0.39, 0.29) is 16.5 Å². The summed E-state index contributed by atoms with van der Waals surface area (Å²) in [4.78, 5) is 32.6. The van der Waals surface area contributed by atoms with Crippen molar-refractivity contribution in [3.8, 4) is 0 Å². The Morgan fingerprint density at radius 2 is 1.74 bits per heavy atom. The predicted octanol–water partition coefficient (Wildman–Crippen LogP) is 3.34. The molecule has 4 aromatic rings.